The summed E-state index contributed by atoms with van der Waals surface area (Å²) in [6.07, 6.45) is 0. The Morgan fingerprint density at radius 2 is 1.82 bits per heavy atom. The van der Waals surface area contributed by atoms with Gasteiger partial charge in [0, 0.05) is 17.6 Å². The minimum Gasteiger partial charge on any atom is -0.367 e. The summed E-state index contributed by atoms with van der Waals surface area (Å²) in [6.45, 7) is 1.69. The number of carbonyl (C=O) groups excluding carboxylic acids is 1. The Kier molecular flexibility index (Phi) is 5.85. The molecule has 0 fully saturated rings. The van der Waals surface area contributed by atoms with E-state index in [1.165, 1.54) is 0 Å². The summed E-state index contributed by atoms with van der Waals surface area (Å²) < 4.78 is 0.738. The average Bonchev–Trinajstić information content (AvgIpc) is 2.49. The van der Waals surface area contributed by atoms with Crippen LogP contribution in [-0.2, 0) is 0 Å². The lowest BCUT2D eigenvalue weighted by Crippen LogP contribution is -2.21. The molecule has 6 nitrogen and oxygen atoms in total. The first-order valence-electron chi connectivity index (χ1n) is 6.84. The number of anilines is 2. The van der Waals surface area contributed by atoms with Crippen molar-refractivity contribution >= 4 is 33.5 Å². The molecule has 22 heavy (non-hydrogen) atoms. The number of nitrogens with zero attached hydrogens (tertiary/aromatic N) is 3. The summed E-state index contributed by atoms with van der Waals surface area (Å²) in [5.74, 6) is 0.870. The predicted octanol–water partition coefficient (Wildman–Crippen LogP) is 2.46. The van der Waals surface area contributed by atoms with Gasteiger partial charge >= 0.3 is 0 Å². The maximum atomic E-state index is 12.1. The smallest absolute Gasteiger partial charge is 0.258 e. The van der Waals surface area contributed by atoms with Gasteiger partial charge in [-0.05, 0) is 54.3 Å². The number of nitrogens with one attached hydrogen (secondary N) is 2. The fourth-order valence-corrected chi connectivity index (χ4v) is 2.19. The highest BCUT2D eigenvalue weighted by Gasteiger charge is 2.10. The monoisotopic (exact) mass is 363 g/mol. The summed E-state index contributed by atoms with van der Waals surface area (Å²) in [4.78, 5) is 14.2. The van der Waals surface area contributed by atoms with Gasteiger partial charge in [-0.15, -0.1) is 10.2 Å². The molecule has 1 heterocycles. The maximum absolute atomic E-state index is 12.1. The van der Waals surface area contributed by atoms with Crippen LogP contribution in [0, 0.1) is 0 Å². The normalized spacial score (nSPS) is 10.5. The van der Waals surface area contributed by atoms with E-state index in [4.69, 9.17) is 0 Å². The molecule has 0 saturated carbocycles. The van der Waals surface area contributed by atoms with E-state index < -0.39 is 0 Å². The number of amides is 1. The molecule has 7 heteroatoms. The molecule has 1 amide bonds. The van der Waals surface area contributed by atoms with Crippen LogP contribution in [0.3, 0.4) is 0 Å². The lowest BCUT2D eigenvalue weighted by Gasteiger charge is -2.10. The number of hydrogen-bond donors (Lipinski definition) is 2. The van der Waals surface area contributed by atoms with E-state index in [9.17, 15) is 4.79 Å². The van der Waals surface area contributed by atoms with Crippen LogP contribution < -0.4 is 10.6 Å². The average molecular weight is 364 g/mol. The first-order valence-corrected chi connectivity index (χ1v) is 7.64. The lowest BCUT2D eigenvalue weighted by atomic mass is 10.2. The molecule has 0 aliphatic heterocycles. The molecule has 0 aliphatic carbocycles. The van der Waals surface area contributed by atoms with Gasteiger partial charge in [0.15, 0.2) is 5.82 Å². The highest BCUT2D eigenvalue weighted by atomic mass is 79.9. The first-order chi connectivity index (χ1) is 10.6. The van der Waals surface area contributed by atoms with Gasteiger partial charge in [0.05, 0.1) is 5.56 Å². The van der Waals surface area contributed by atoms with Crippen molar-refractivity contribution in [3.8, 4) is 0 Å². The zero-order chi connectivity index (χ0) is 15.9. The largest absolute Gasteiger partial charge is 0.367 e. The summed E-state index contributed by atoms with van der Waals surface area (Å²) in [5, 5.41) is 13.9. The molecule has 1 aromatic carbocycles. The Labute approximate surface area is 138 Å². The van der Waals surface area contributed by atoms with E-state index in [0.717, 1.165) is 17.6 Å². The van der Waals surface area contributed by atoms with Crippen molar-refractivity contribution in [3.63, 3.8) is 0 Å². The van der Waals surface area contributed by atoms with Crippen LogP contribution in [0.2, 0.25) is 0 Å². The van der Waals surface area contributed by atoms with Crippen LogP contribution in [0.5, 0.6) is 0 Å². The van der Waals surface area contributed by atoms with Gasteiger partial charge in [-0.1, -0.05) is 12.1 Å². The summed E-state index contributed by atoms with van der Waals surface area (Å²) >= 11 is 3.35. The van der Waals surface area contributed by atoms with Crippen LogP contribution in [-0.4, -0.2) is 48.2 Å². The number of halogens is 1. The highest BCUT2D eigenvalue weighted by molar-refractivity contribution is 9.10. The molecule has 116 valence electrons. The van der Waals surface area contributed by atoms with E-state index in [2.05, 4.69) is 41.7 Å². The number of likely N-dealkylation sites (N-methyl/N-ethyl adjacent to an activating group) is 1. The van der Waals surface area contributed by atoms with Crippen molar-refractivity contribution < 1.29 is 4.79 Å². The third-order valence-corrected chi connectivity index (χ3v) is 3.58. The van der Waals surface area contributed by atoms with Crippen molar-refractivity contribution in [1.29, 1.82) is 0 Å². The zero-order valence-corrected chi connectivity index (χ0v) is 14.1. The number of benzene rings is 1. The van der Waals surface area contributed by atoms with Gasteiger partial charge in [-0.3, -0.25) is 4.79 Å². The lowest BCUT2D eigenvalue weighted by molar-refractivity contribution is 0.102. The minimum absolute atomic E-state index is 0.227. The van der Waals surface area contributed by atoms with E-state index in [0.29, 0.717) is 17.2 Å². The molecule has 1 aromatic heterocycles. The first kappa shape index (κ1) is 16.4. The third-order valence-electron chi connectivity index (χ3n) is 2.89. The van der Waals surface area contributed by atoms with Crippen LogP contribution in [0.15, 0.2) is 40.9 Å². The number of rotatable bonds is 6. The molecule has 0 radical (unpaired) electrons. The highest BCUT2D eigenvalue weighted by Crippen LogP contribution is 2.17. The van der Waals surface area contributed by atoms with Crippen LogP contribution in [0.1, 0.15) is 10.4 Å². The molecule has 2 N–H and O–H groups in total. The summed E-state index contributed by atoms with van der Waals surface area (Å²) in [7, 11) is 4.02. The molecule has 0 spiro atoms. The van der Waals surface area contributed by atoms with Crippen molar-refractivity contribution in [2.75, 3.05) is 37.8 Å². The molecule has 0 atom stereocenters. The van der Waals surface area contributed by atoms with Gasteiger partial charge in [0.25, 0.3) is 5.91 Å². The Bertz CT molecular complexity index is 630. The number of aromatic nitrogens is 2. The van der Waals surface area contributed by atoms with E-state index in [-0.39, 0.29) is 5.91 Å². The summed E-state index contributed by atoms with van der Waals surface area (Å²) in [5.41, 5.74) is 0.553. The minimum atomic E-state index is -0.227. The van der Waals surface area contributed by atoms with Gasteiger partial charge in [-0.25, -0.2) is 0 Å². The van der Waals surface area contributed by atoms with E-state index in [1.54, 1.807) is 18.2 Å². The second-order valence-electron chi connectivity index (χ2n) is 4.97. The molecule has 2 rings (SSSR count). The van der Waals surface area contributed by atoms with E-state index >= 15 is 0 Å². The standard InChI is InChI=1S/C15H18BrN5O/c1-21(2)10-9-17-13-7-8-14(20-19-13)18-15(22)11-5-3-4-6-12(11)16/h3-8H,9-10H2,1-2H3,(H,17,19)(H,18,20,22). The molecular formula is C15H18BrN5O. The molecule has 0 aliphatic rings. The Morgan fingerprint density at radius 3 is 2.45 bits per heavy atom. The number of hydrogen-bond acceptors (Lipinski definition) is 5. The van der Waals surface area contributed by atoms with Crippen molar-refractivity contribution in [2.45, 2.75) is 0 Å². The third kappa shape index (κ3) is 4.78. The van der Waals surface area contributed by atoms with Crippen molar-refractivity contribution in [1.82, 2.24) is 15.1 Å². The predicted molar refractivity (Wildman–Crippen MR) is 91.2 cm³/mol. The van der Waals surface area contributed by atoms with Gasteiger partial charge in [-0.2, -0.15) is 0 Å². The zero-order valence-electron chi connectivity index (χ0n) is 12.5. The van der Waals surface area contributed by atoms with Gasteiger partial charge in [0.2, 0.25) is 0 Å². The maximum Gasteiger partial charge on any atom is 0.258 e. The fraction of sp³-hybridized carbons (Fsp3) is 0.267. The van der Waals surface area contributed by atoms with Crippen LogP contribution in [0.4, 0.5) is 11.6 Å². The second-order valence-corrected chi connectivity index (χ2v) is 5.82. The molecule has 0 unspecified atom stereocenters. The molecule has 0 saturated heterocycles. The second kappa shape index (κ2) is 7.86. The fourth-order valence-electron chi connectivity index (χ4n) is 1.73. The molecular weight excluding hydrogens is 346 g/mol. The quantitative estimate of drug-likeness (QED) is 0.824. The Morgan fingerprint density at radius 1 is 1.14 bits per heavy atom. The molecule has 0 bridgehead atoms. The van der Waals surface area contributed by atoms with Crippen molar-refractivity contribution in [3.05, 3.63) is 46.4 Å². The van der Waals surface area contributed by atoms with Crippen LogP contribution >= 0.6 is 15.9 Å². The number of carbonyl (C=O) groups is 1. The Hall–Kier alpha value is -1.99. The van der Waals surface area contributed by atoms with Crippen LogP contribution in [0.25, 0.3) is 0 Å². The Balaban J connectivity index is 1.94. The van der Waals surface area contributed by atoms with Crippen molar-refractivity contribution in [2.24, 2.45) is 0 Å². The SMILES string of the molecule is CN(C)CCNc1ccc(NC(=O)c2ccccc2Br)nn1. The van der Waals surface area contributed by atoms with Gasteiger partial charge in [0.1, 0.15) is 5.82 Å². The molecule has 2 aromatic rings. The topological polar surface area (TPSA) is 70.2 Å². The summed E-state index contributed by atoms with van der Waals surface area (Å²) in [6, 6.07) is 10.7. The van der Waals surface area contributed by atoms with E-state index in [1.807, 2.05) is 32.3 Å². The van der Waals surface area contributed by atoms with Gasteiger partial charge < -0.3 is 15.5 Å².